The van der Waals surface area contributed by atoms with Crippen LogP contribution in [0.4, 0.5) is 5.82 Å². The summed E-state index contributed by atoms with van der Waals surface area (Å²) in [4.78, 5) is 24.7. The lowest BCUT2D eigenvalue weighted by Crippen LogP contribution is -2.57. The van der Waals surface area contributed by atoms with Crippen LogP contribution in [0.15, 0.2) is 30.3 Å². The predicted octanol–water partition coefficient (Wildman–Crippen LogP) is 2.11. The van der Waals surface area contributed by atoms with Crippen LogP contribution in [0, 0.1) is 19.8 Å². The molecule has 8 heteroatoms. The van der Waals surface area contributed by atoms with E-state index in [2.05, 4.69) is 21.0 Å². The van der Waals surface area contributed by atoms with Crippen LogP contribution in [0.3, 0.4) is 0 Å². The summed E-state index contributed by atoms with van der Waals surface area (Å²) in [5.74, 6) is 0.713. The number of anilines is 1. The molecule has 1 aliphatic rings. The van der Waals surface area contributed by atoms with Crippen molar-refractivity contribution >= 4 is 17.6 Å². The Labute approximate surface area is 164 Å². The molecule has 2 amide bonds. The van der Waals surface area contributed by atoms with E-state index in [1.54, 1.807) is 10.7 Å². The second-order valence-corrected chi connectivity index (χ2v) is 7.15. The van der Waals surface area contributed by atoms with Gasteiger partial charge in [-0.25, -0.2) is 4.68 Å². The highest BCUT2D eigenvalue weighted by atomic mass is 16.5. The molecule has 1 fully saturated rings. The highest BCUT2D eigenvalue weighted by Crippen LogP contribution is 2.21. The molecule has 2 aromatic rings. The zero-order valence-corrected chi connectivity index (χ0v) is 16.7. The summed E-state index contributed by atoms with van der Waals surface area (Å²) in [6, 6.07) is 9.26. The Kier molecular flexibility index (Phi) is 5.99. The molecule has 1 aromatic heterocycles. The lowest BCUT2D eigenvalue weighted by Gasteiger charge is -2.35. The van der Waals surface area contributed by atoms with Crippen molar-refractivity contribution in [2.45, 2.75) is 46.4 Å². The predicted molar refractivity (Wildman–Crippen MR) is 106 cm³/mol. The fourth-order valence-corrected chi connectivity index (χ4v) is 3.32. The summed E-state index contributed by atoms with van der Waals surface area (Å²) in [6.45, 7) is 7.66. The number of aromatic nitrogens is 2. The first-order chi connectivity index (χ1) is 13.4. The smallest absolute Gasteiger partial charge is 0.263 e. The van der Waals surface area contributed by atoms with E-state index in [1.807, 2.05) is 52.0 Å². The van der Waals surface area contributed by atoms with Gasteiger partial charge in [0.25, 0.3) is 5.91 Å². The first-order valence-electron chi connectivity index (χ1n) is 9.49. The van der Waals surface area contributed by atoms with Crippen LogP contribution >= 0.6 is 0 Å². The Balaban J connectivity index is 1.66. The zero-order chi connectivity index (χ0) is 20.3. The van der Waals surface area contributed by atoms with Gasteiger partial charge in [0.1, 0.15) is 11.6 Å². The van der Waals surface area contributed by atoms with Crippen molar-refractivity contribution in [1.82, 2.24) is 20.4 Å². The van der Waals surface area contributed by atoms with E-state index in [0.717, 1.165) is 17.7 Å². The lowest BCUT2D eigenvalue weighted by molar-refractivity contribution is -0.130. The Morgan fingerprint density at radius 1 is 1.29 bits per heavy atom. The molecule has 2 heterocycles. The van der Waals surface area contributed by atoms with E-state index in [9.17, 15) is 9.59 Å². The maximum Gasteiger partial charge on any atom is 0.263 e. The Morgan fingerprint density at radius 2 is 2.00 bits per heavy atom. The fourth-order valence-electron chi connectivity index (χ4n) is 3.32. The Bertz CT molecular complexity index is 846. The van der Waals surface area contributed by atoms with Crippen LogP contribution in [-0.2, 0) is 9.59 Å². The highest BCUT2D eigenvalue weighted by molar-refractivity contribution is 5.91. The normalized spacial score (nSPS) is 21.9. The average molecular weight is 385 g/mol. The van der Waals surface area contributed by atoms with E-state index >= 15 is 0 Å². The second-order valence-electron chi connectivity index (χ2n) is 7.15. The van der Waals surface area contributed by atoms with Crippen LogP contribution in [0.5, 0.6) is 5.75 Å². The van der Waals surface area contributed by atoms with Gasteiger partial charge in [-0.15, -0.1) is 0 Å². The first kappa shape index (κ1) is 19.9. The highest BCUT2D eigenvalue weighted by Gasteiger charge is 2.34. The monoisotopic (exact) mass is 385 g/mol. The van der Waals surface area contributed by atoms with E-state index in [-0.39, 0.29) is 30.4 Å². The Hall–Kier alpha value is -2.87. The van der Waals surface area contributed by atoms with Gasteiger partial charge in [0.2, 0.25) is 5.91 Å². The molecule has 3 rings (SSSR count). The van der Waals surface area contributed by atoms with Gasteiger partial charge in [-0.1, -0.05) is 24.6 Å². The number of nitrogens with zero attached hydrogens (tertiary/aromatic N) is 2. The number of amides is 2. The molecule has 1 aromatic carbocycles. The molecule has 0 aliphatic carbocycles. The number of benzene rings is 1. The molecule has 1 aliphatic heterocycles. The maximum atomic E-state index is 12.3. The van der Waals surface area contributed by atoms with Crippen LogP contribution in [0.1, 0.15) is 37.8 Å². The van der Waals surface area contributed by atoms with E-state index < -0.39 is 6.29 Å². The number of ether oxygens (including phenoxy) is 1. The molecule has 150 valence electrons. The minimum atomic E-state index is -0.521. The van der Waals surface area contributed by atoms with Crippen molar-refractivity contribution in [3.63, 3.8) is 0 Å². The topological polar surface area (TPSA) is 97.3 Å². The molecule has 28 heavy (non-hydrogen) atoms. The quantitative estimate of drug-likeness (QED) is 0.708. The SMILES string of the molecule is CCC1C(=O)NC(n2nc(C)cc2NC(=O)COc2ccc(C)cc2)NC1C. The van der Waals surface area contributed by atoms with Gasteiger partial charge in [0, 0.05) is 12.1 Å². The minimum Gasteiger partial charge on any atom is -0.484 e. The summed E-state index contributed by atoms with van der Waals surface area (Å²) in [5, 5.41) is 13.5. The van der Waals surface area contributed by atoms with Crippen molar-refractivity contribution in [1.29, 1.82) is 0 Å². The second kappa shape index (κ2) is 8.43. The number of nitrogens with one attached hydrogen (secondary N) is 3. The third-order valence-electron chi connectivity index (χ3n) is 4.84. The van der Waals surface area contributed by atoms with Crippen LogP contribution in [0.2, 0.25) is 0 Å². The van der Waals surface area contributed by atoms with Crippen LogP contribution < -0.4 is 20.7 Å². The third kappa shape index (κ3) is 4.51. The summed E-state index contributed by atoms with van der Waals surface area (Å²) in [5.41, 5.74) is 1.86. The summed E-state index contributed by atoms with van der Waals surface area (Å²) in [6.07, 6.45) is 0.234. The van der Waals surface area contributed by atoms with Gasteiger partial charge in [-0.2, -0.15) is 5.10 Å². The lowest BCUT2D eigenvalue weighted by atomic mass is 9.95. The Morgan fingerprint density at radius 3 is 2.64 bits per heavy atom. The molecule has 0 saturated carbocycles. The van der Waals surface area contributed by atoms with E-state index in [0.29, 0.717) is 11.6 Å². The van der Waals surface area contributed by atoms with Crippen molar-refractivity contribution in [2.24, 2.45) is 5.92 Å². The van der Waals surface area contributed by atoms with Crippen molar-refractivity contribution < 1.29 is 14.3 Å². The van der Waals surface area contributed by atoms with Gasteiger partial charge in [0.05, 0.1) is 11.6 Å². The number of rotatable bonds is 6. The van der Waals surface area contributed by atoms with E-state index in [4.69, 9.17) is 4.74 Å². The zero-order valence-electron chi connectivity index (χ0n) is 16.7. The molecule has 8 nitrogen and oxygen atoms in total. The number of carbonyl (C=O) groups excluding carboxylic acids is 2. The molecule has 3 N–H and O–H groups in total. The summed E-state index contributed by atoms with van der Waals surface area (Å²) in [7, 11) is 0. The molecule has 3 unspecified atom stereocenters. The van der Waals surface area contributed by atoms with Gasteiger partial charge in [-0.05, 0) is 39.3 Å². The van der Waals surface area contributed by atoms with Gasteiger partial charge >= 0.3 is 0 Å². The van der Waals surface area contributed by atoms with Crippen molar-refractivity contribution in [3.05, 3.63) is 41.6 Å². The van der Waals surface area contributed by atoms with Gasteiger partial charge in [-0.3, -0.25) is 14.9 Å². The molecular formula is C20H27N5O3. The third-order valence-corrected chi connectivity index (χ3v) is 4.84. The van der Waals surface area contributed by atoms with Gasteiger partial charge in [0.15, 0.2) is 12.9 Å². The standard InChI is InChI=1S/C20H27N5O3/c1-5-16-14(4)21-20(23-19(16)27)25-17(10-13(3)24-25)22-18(26)11-28-15-8-6-12(2)7-9-15/h6-10,14,16,20-21H,5,11H2,1-4H3,(H,22,26)(H,23,27). The maximum absolute atomic E-state index is 12.3. The number of carbonyl (C=O) groups is 2. The van der Waals surface area contributed by atoms with E-state index in [1.165, 1.54) is 0 Å². The van der Waals surface area contributed by atoms with Crippen molar-refractivity contribution in [3.8, 4) is 5.75 Å². The fraction of sp³-hybridized carbons (Fsp3) is 0.450. The molecule has 0 spiro atoms. The molecule has 0 bridgehead atoms. The number of hydrogen-bond donors (Lipinski definition) is 3. The average Bonchev–Trinajstić information content (AvgIpc) is 3.01. The number of aryl methyl sites for hydroxylation is 2. The number of hydrogen-bond acceptors (Lipinski definition) is 5. The largest absolute Gasteiger partial charge is 0.484 e. The first-order valence-corrected chi connectivity index (χ1v) is 9.49. The van der Waals surface area contributed by atoms with Crippen LogP contribution in [0.25, 0.3) is 0 Å². The van der Waals surface area contributed by atoms with Crippen LogP contribution in [-0.4, -0.2) is 34.2 Å². The molecule has 0 radical (unpaired) electrons. The molecule has 1 saturated heterocycles. The van der Waals surface area contributed by atoms with Gasteiger partial charge < -0.3 is 15.4 Å². The summed E-state index contributed by atoms with van der Waals surface area (Å²) >= 11 is 0. The molecule has 3 atom stereocenters. The molecular weight excluding hydrogens is 358 g/mol. The summed E-state index contributed by atoms with van der Waals surface area (Å²) < 4.78 is 7.11. The minimum absolute atomic E-state index is 0.00155. The van der Waals surface area contributed by atoms with Crippen molar-refractivity contribution in [2.75, 3.05) is 11.9 Å².